The molecule has 0 radical (unpaired) electrons. The Labute approximate surface area is 121 Å². The second-order valence-electron chi connectivity index (χ2n) is 6.19. The van der Waals surface area contributed by atoms with Crippen molar-refractivity contribution in [3.63, 3.8) is 0 Å². The van der Waals surface area contributed by atoms with E-state index in [4.69, 9.17) is 9.47 Å². The fourth-order valence-corrected chi connectivity index (χ4v) is 2.60. The second kappa shape index (κ2) is 6.49. The smallest absolute Gasteiger partial charge is 0.129 e. The first kappa shape index (κ1) is 15.2. The van der Waals surface area contributed by atoms with Crippen LogP contribution in [0.5, 0.6) is 11.5 Å². The summed E-state index contributed by atoms with van der Waals surface area (Å²) in [5.41, 5.74) is 0.536. The lowest BCUT2D eigenvalue weighted by molar-refractivity contribution is 0.0113. The van der Waals surface area contributed by atoms with Gasteiger partial charge in [-0.05, 0) is 32.4 Å². The van der Waals surface area contributed by atoms with Gasteiger partial charge in [-0.1, -0.05) is 26.2 Å². The third-order valence-electron chi connectivity index (χ3n) is 3.68. The lowest BCUT2D eigenvalue weighted by Crippen LogP contribution is -2.34. The van der Waals surface area contributed by atoms with Crippen LogP contribution in [0.4, 0.5) is 0 Å². The van der Waals surface area contributed by atoms with Crippen LogP contribution in [0.15, 0.2) is 18.2 Å². The summed E-state index contributed by atoms with van der Waals surface area (Å²) in [6, 6.07) is 5.74. The molecule has 2 rings (SSSR count). The molecule has 0 aliphatic carbocycles. The molecule has 3 nitrogen and oxygen atoms in total. The number of aliphatic hydroxyl groups excluding tert-OH is 1. The highest BCUT2D eigenvalue weighted by atomic mass is 16.5. The number of ether oxygens (including phenoxy) is 2. The average Bonchev–Trinajstić information content (AvgIpc) is 2.36. The third kappa shape index (κ3) is 3.89. The minimum absolute atomic E-state index is 0.327. The number of rotatable bonds is 6. The van der Waals surface area contributed by atoms with Gasteiger partial charge in [0.25, 0.3) is 0 Å². The number of unbranched alkanes of at least 4 members (excludes halogenated alkanes) is 3. The molecule has 1 unspecified atom stereocenters. The first-order valence-corrected chi connectivity index (χ1v) is 7.65. The van der Waals surface area contributed by atoms with Gasteiger partial charge in [-0.25, -0.2) is 0 Å². The van der Waals surface area contributed by atoms with E-state index in [0.717, 1.165) is 30.1 Å². The van der Waals surface area contributed by atoms with Gasteiger partial charge in [0.1, 0.15) is 17.1 Å². The summed E-state index contributed by atoms with van der Waals surface area (Å²) in [5.74, 6) is 1.57. The zero-order valence-corrected chi connectivity index (χ0v) is 12.8. The fraction of sp³-hybridized carbons (Fsp3) is 0.647. The molecule has 112 valence electrons. The first-order chi connectivity index (χ1) is 9.52. The van der Waals surface area contributed by atoms with E-state index in [9.17, 15) is 5.11 Å². The molecule has 1 aromatic rings. The van der Waals surface area contributed by atoms with E-state index in [-0.39, 0.29) is 5.60 Å². The molecular weight excluding hydrogens is 252 g/mol. The Hall–Kier alpha value is -1.22. The Morgan fingerprint density at radius 1 is 1.30 bits per heavy atom. The minimum Gasteiger partial charge on any atom is -0.493 e. The standard InChI is InChI=1S/C17H26O3/c1-4-5-6-7-10-19-13-8-9-14-15(18)12-17(2,3)20-16(14)11-13/h8-9,11,15,18H,4-7,10,12H2,1-3H3. The van der Waals surface area contributed by atoms with Gasteiger partial charge in [0.2, 0.25) is 0 Å². The van der Waals surface area contributed by atoms with Crippen molar-refractivity contribution in [3.05, 3.63) is 23.8 Å². The molecule has 20 heavy (non-hydrogen) atoms. The van der Waals surface area contributed by atoms with Gasteiger partial charge >= 0.3 is 0 Å². The fourth-order valence-electron chi connectivity index (χ4n) is 2.60. The molecule has 1 aromatic carbocycles. The van der Waals surface area contributed by atoms with Crippen LogP contribution in [0.25, 0.3) is 0 Å². The van der Waals surface area contributed by atoms with E-state index in [2.05, 4.69) is 6.92 Å². The number of hydrogen-bond donors (Lipinski definition) is 1. The lowest BCUT2D eigenvalue weighted by Gasteiger charge is -2.35. The van der Waals surface area contributed by atoms with Crippen molar-refractivity contribution in [2.75, 3.05) is 6.61 Å². The van der Waals surface area contributed by atoms with Gasteiger partial charge in [-0.15, -0.1) is 0 Å². The highest BCUT2D eigenvalue weighted by Gasteiger charge is 2.32. The summed E-state index contributed by atoms with van der Waals surface area (Å²) in [6.07, 6.45) is 4.96. The largest absolute Gasteiger partial charge is 0.493 e. The summed E-state index contributed by atoms with van der Waals surface area (Å²) in [6.45, 7) is 6.94. The molecule has 1 aliphatic rings. The maximum atomic E-state index is 10.1. The zero-order valence-electron chi connectivity index (χ0n) is 12.8. The molecule has 1 aliphatic heterocycles. The molecule has 0 saturated heterocycles. The van der Waals surface area contributed by atoms with Crippen molar-refractivity contribution in [2.24, 2.45) is 0 Å². The lowest BCUT2D eigenvalue weighted by atomic mass is 9.92. The predicted octanol–water partition coefficient (Wildman–Crippen LogP) is 4.24. The van der Waals surface area contributed by atoms with Crippen molar-refractivity contribution >= 4 is 0 Å². The van der Waals surface area contributed by atoms with E-state index in [0.29, 0.717) is 6.42 Å². The third-order valence-corrected chi connectivity index (χ3v) is 3.68. The molecule has 0 amide bonds. The molecule has 0 fully saturated rings. The van der Waals surface area contributed by atoms with Gasteiger partial charge < -0.3 is 14.6 Å². The van der Waals surface area contributed by atoms with E-state index in [1.54, 1.807) is 0 Å². The SMILES string of the molecule is CCCCCCOc1ccc2c(c1)OC(C)(C)CC2O. The van der Waals surface area contributed by atoms with Crippen molar-refractivity contribution in [3.8, 4) is 11.5 Å². The second-order valence-corrected chi connectivity index (χ2v) is 6.19. The van der Waals surface area contributed by atoms with Crippen LogP contribution in [-0.4, -0.2) is 17.3 Å². The van der Waals surface area contributed by atoms with Crippen LogP contribution < -0.4 is 9.47 Å². The molecule has 0 aromatic heterocycles. The summed E-state index contributed by atoms with van der Waals surface area (Å²) in [5, 5.41) is 10.1. The summed E-state index contributed by atoms with van der Waals surface area (Å²) >= 11 is 0. The van der Waals surface area contributed by atoms with Gasteiger partial charge in [0, 0.05) is 18.1 Å². The van der Waals surface area contributed by atoms with Crippen molar-refractivity contribution in [2.45, 2.75) is 64.6 Å². The molecule has 1 heterocycles. The van der Waals surface area contributed by atoms with E-state index < -0.39 is 6.10 Å². The van der Waals surface area contributed by atoms with Crippen LogP contribution >= 0.6 is 0 Å². The predicted molar refractivity (Wildman–Crippen MR) is 80.4 cm³/mol. The molecule has 0 bridgehead atoms. The van der Waals surface area contributed by atoms with Crippen LogP contribution in [0.1, 0.15) is 64.5 Å². The first-order valence-electron chi connectivity index (χ1n) is 7.65. The Balaban J connectivity index is 1.97. The van der Waals surface area contributed by atoms with Crippen LogP contribution in [0.3, 0.4) is 0 Å². The quantitative estimate of drug-likeness (QED) is 0.791. The van der Waals surface area contributed by atoms with Gasteiger partial charge in [0.05, 0.1) is 12.7 Å². The number of hydrogen-bond acceptors (Lipinski definition) is 3. The molecule has 0 saturated carbocycles. The maximum absolute atomic E-state index is 10.1. The van der Waals surface area contributed by atoms with E-state index in [1.165, 1.54) is 19.3 Å². The monoisotopic (exact) mass is 278 g/mol. The van der Waals surface area contributed by atoms with Crippen LogP contribution in [-0.2, 0) is 0 Å². The maximum Gasteiger partial charge on any atom is 0.129 e. The van der Waals surface area contributed by atoms with Crippen molar-refractivity contribution in [1.82, 2.24) is 0 Å². The Morgan fingerprint density at radius 3 is 2.85 bits per heavy atom. The number of benzene rings is 1. The summed E-state index contributed by atoms with van der Waals surface area (Å²) in [4.78, 5) is 0. The molecule has 1 atom stereocenters. The number of fused-ring (bicyclic) bond motifs is 1. The zero-order chi connectivity index (χ0) is 14.6. The van der Waals surface area contributed by atoms with Gasteiger partial charge in [-0.2, -0.15) is 0 Å². The summed E-state index contributed by atoms with van der Waals surface area (Å²) < 4.78 is 11.7. The van der Waals surface area contributed by atoms with Gasteiger partial charge in [-0.3, -0.25) is 0 Å². The average molecular weight is 278 g/mol. The normalized spacial score (nSPS) is 20.1. The van der Waals surface area contributed by atoms with E-state index >= 15 is 0 Å². The van der Waals surface area contributed by atoms with Crippen LogP contribution in [0.2, 0.25) is 0 Å². The molecule has 1 N–H and O–H groups in total. The Kier molecular flexibility index (Phi) is 4.92. The molecule has 3 heteroatoms. The minimum atomic E-state index is -0.452. The Morgan fingerprint density at radius 2 is 2.10 bits per heavy atom. The highest BCUT2D eigenvalue weighted by Crippen LogP contribution is 2.41. The van der Waals surface area contributed by atoms with Crippen molar-refractivity contribution < 1.29 is 14.6 Å². The Bertz CT molecular complexity index is 440. The number of aliphatic hydroxyl groups is 1. The van der Waals surface area contributed by atoms with Gasteiger partial charge in [0.15, 0.2) is 0 Å². The van der Waals surface area contributed by atoms with Crippen molar-refractivity contribution in [1.29, 1.82) is 0 Å². The highest BCUT2D eigenvalue weighted by molar-refractivity contribution is 5.43. The van der Waals surface area contributed by atoms with Crippen LogP contribution in [0, 0.1) is 0 Å². The van der Waals surface area contributed by atoms with E-state index in [1.807, 2.05) is 32.0 Å². The summed E-state index contributed by atoms with van der Waals surface area (Å²) in [7, 11) is 0. The topological polar surface area (TPSA) is 38.7 Å². The molecular formula is C17H26O3. The molecule has 0 spiro atoms.